The number of nitrogens with one attached hydrogen (secondary N) is 2. The fourth-order valence-corrected chi connectivity index (χ4v) is 4.41. The summed E-state index contributed by atoms with van der Waals surface area (Å²) in [5.74, 6) is 1.13. The van der Waals surface area contributed by atoms with E-state index in [0.29, 0.717) is 34.2 Å². The molecule has 0 spiro atoms. The standard InChI is InChI=1S/C30H26FN5O3/c1-17-16-21-13-15-33-29(27(21)30(38)36(17)23-9-7-22(31)8-10-23)35-24-11-12-25(19(3)18(24)2)39-26-6-5-14-32-28(26)34-20(4)37/h5-16H,1-4H3,(H,33,35)(H,32,34,37). The summed E-state index contributed by atoms with van der Waals surface area (Å²) >= 11 is 0. The molecule has 0 saturated heterocycles. The third-order valence-electron chi connectivity index (χ3n) is 6.48. The van der Waals surface area contributed by atoms with Crippen molar-refractivity contribution in [2.24, 2.45) is 0 Å². The maximum absolute atomic E-state index is 13.7. The topological polar surface area (TPSA) is 98.1 Å². The minimum atomic E-state index is -0.373. The Balaban J connectivity index is 1.53. The Morgan fingerprint density at radius 1 is 0.897 bits per heavy atom. The van der Waals surface area contributed by atoms with Crippen molar-refractivity contribution in [3.8, 4) is 17.2 Å². The molecule has 1 amide bonds. The maximum Gasteiger partial charge on any atom is 0.266 e. The largest absolute Gasteiger partial charge is 0.453 e. The Hall–Kier alpha value is -5.05. The molecule has 0 atom stereocenters. The molecule has 0 aliphatic rings. The van der Waals surface area contributed by atoms with Crippen LogP contribution in [0.25, 0.3) is 16.5 Å². The van der Waals surface area contributed by atoms with Gasteiger partial charge in [0, 0.05) is 36.4 Å². The zero-order valence-electron chi connectivity index (χ0n) is 21.9. The third-order valence-corrected chi connectivity index (χ3v) is 6.48. The van der Waals surface area contributed by atoms with Crippen LogP contribution in [0.15, 0.2) is 77.9 Å². The Morgan fingerprint density at radius 2 is 1.64 bits per heavy atom. The van der Waals surface area contributed by atoms with Crippen LogP contribution >= 0.6 is 0 Å². The second-order valence-electron chi connectivity index (χ2n) is 9.15. The van der Waals surface area contributed by atoms with Gasteiger partial charge in [0.25, 0.3) is 5.56 Å². The lowest BCUT2D eigenvalue weighted by molar-refractivity contribution is -0.114. The van der Waals surface area contributed by atoms with Gasteiger partial charge in [-0.25, -0.2) is 14.4 Å². The molecule has 8 nitrogen and oxygen atoms in total. The van der Waals surface area contributed by atoms with Gasteiger partial charge in [-0.05, 0) is 97.9 Å². The highest BCUT2D eigenvalue weighted by Crippen LogP contribution is 2.35. The second-order valence-corrected chi connectivity index (χ2v) is 9.15. The number of halogens is 1. The SMILES string of the molecule is CC(=O)Nc1ncccc1Oc1ccc(Nc2nccc3cc(C)n(-c4ccc(F)cc4)c(=O)c23)c(C)c1C. The first-order chi connectivity index (χ1) is 18.7. The van der Waals surface area contributed by atoms with Crippen LogP contribution in [0.4, 0.5) is 21.7 Å². The van der Waals surface area contributed by atoms with E-state index in [2.05, 4.69) is 20.6 Å². The van der Waals surface area contributed by atoms with Gasteiger partial charge < -0.3 is 15.4 Å². The molecule has 0 bridgehead atoms. The Kier molecular flexibility index (Phi) is 6.81. The van der Waals surface area contributed by atoms with E-state index < -0.39 is 0 Å². The number of anilines is 3. The van der Waals surface area contributed by atoms with Crippen LogP contribution < -0.4 is 20.9 Å². The molecule has 196 valence electrons. The molecule has 9 heteroatoms. The molecule has 2 N–H and O–H groups in total. The first-order valence-corrected chi connectivity index (χ1v) is 12.3. The Bertz CT molecular complexity index is 1780. The zero-order valence-corrected chi connectivity index (χ0v) is 21.9. The number of amides is 1. The van der Waals surface area contributed by atoms with Gasteiger partial charge in [0.15, 0.2) is 11.6 Å². The van der Waals surface area contributed by atoms with Gasteiger partial charge >= 0.3 is 0 Å². The zero-order chi connectivity index (χ0) is 27.7. The summed E-state index contributed by atoms with van der Waals surface area (Å²) in [6.07, 6.45) is 3.23. The van der Waals surface area contributed by atoms with Crippen molar-refractivity contribution in [2.45, 2.75) is 27.7 Å². The molecule has 0 aliphatic heterocycles. The van der Waals surface area contributed by atoms with Gasteiger partial charge in [-0.1, -0.05) is 0 Å². The van der Waals surface area contributed by atoms with Crippen LogP contribution in [0.3, 0.4) is 0 Å². The fourth-order valence-electron chi connectivity index (χ4n) is 4.41. The van der Waals surface area contributed by atoms with Crippen LogP contribution in [0.2, 0.25) is 0 Å². The molecule has 0 aliphatic carbocycles. The van der Waals surface area contributed by atoms with E-state index in [9.17, 15) is 14.0 Å². The van der Waals surface area contributed by atoms with Crippen molar-refractivity contribution in [3.63, 3.8) is 0 Å². The number of hydrogen-bond acceptors (Lipinski definition) is 6. The predicted molar refractivity (Wildman–Crippen MR) is 150 cm³/mol. The maximum atomic E-state index is 13.7. The van der Waals surface area contributed by atoms with Crippen molar-refractivity contribution in [1.29, 1.82) is 0 Å². The van der Waals surface area contributed by atoms with Crippen molar-refractivity contribution < 1.29 is 13.9 Å². The van der Waals surface area contributed by atoms with E-state index in [1.165, 1.54) is 19.1 Å². The fraction of sp³-hybridized carbons (Fsp3) is 0.133. The molecule has 2 aromatic carbocycles. The van der Waals surface area contributed by atoms with Crippen molar-refractivity contribution in [1.82, 2.24) is 14.5 Å². The Labute approximate surface area is 224 Å². The lowest BCUT2D eigenvalue weighted by Crippen LogP contribution is -2.21. The molecule has 5 rings (SSSR count). The number of aromatic nitrogens is 3. The second kappa shape index (κ2) is 10.4. The van der Waals surface area contributed by atoms with Crippen LogP contribution in [0, 0.1) is 26.6 Å². The summed E-state index contributed by atoms with van der Waals surface area (Å²) < 4.78 is 21.2. The summed E-state index contributed by atoms with van der Waals surface area (Å²) in [7, 11) is 0. The number of hydrogen-bond donors (Lipinski definition) is 2. The lowest BCUT2D eigenvalue weighted by atomic mass is 10.1. The molecule has 0 fully saturated rings. The smallest absolute Gasteiger partial charge is 0.266 e. The summed E-state index contributed by atoms with van der Waals surface area (Å²) in [4.78, 5) is 33.9. The third kappa shape index (κ3) is 5.06. The molecule has 5 aromatic rings. The predicted octanol–water partition coefficient (Wildman–Crippen LogP) is 6.34. The molecule has 3 aromatic heterocycles. The van der Waals surface area contributed by atoms with Crippen LogP contribution in [0.5, 0.6) is 11.5 Å². The normalized spacial score (nSPS) is 10.9. The average molecular weight is 524 g/mol. The number of aryl methyl sites for hydroxylation is 1. The number of rotatable bonds is 6. The number of carbonyl (C=O) groups excluding carboxylic acids is 1. The van der Waals surface area contributed by atoms with Crippen LogP contribution in [0.1, 0.15) is 23.7 Å². The van der Waals surface area contributed by atoms with E-state index >= 15 is 0 Å². The number of benzene rings is 2. The summed E-state index contributed by atoms with van der Waals surface area (Å²) in [5.41, 5.74) is 3.53. The van der Waals surface area contributed by atoms with E-state index in [1.807, 2.05) is 32.9 Å². The molecular formula is C30H26FN5O3. The number of nitrogens with zero attached hydrogens (tertiary/aromatic N) is 3. The van der Waals surface area contributed by atoms with Gasteiger partial charge in [-0.3, -0.25) is 14.2 Å². The molecule has 39 heavy (non-hydrogen) atoms. The van der Waals surface area contributed by atoms with E-state index in [-0.39, 0.29) is 17.3 Å². The quantitative estimate of drug-likeness (QED) is 0.270. The van der Waals surface area contributed by atoms with E-state index in [1.54, 1.807) is 53.4 Å². The molecule has 0 saturated carbocycles. The number of pyridine rings is 3. The average Bonchev–Trinajstić information content (AvgIpc) is 2.90. The van der Waals surface area contributed by atoms with Crippen molar-refractivity contribution >= 4 is 34.0 Å². The van der Waals surface area contributed by atoms with Crippen molar-refractivity contribution in [3.05, 3.63) is 106 Å². The first kappa shape index (κ1) is 25.6. The number of carbonyl (C=O) groups is 1. The number of ether oxygens (including phenoxy) is 1. The molecule has 0 unspecified atom stereocenters. The van der Waals surface area contributed by atoms with E-state index in [4.69, 9.17) is 4.74 Å². The minimum absolute atomic E-state index is 0.248. The summed E-state index contributed by atoms with van der Waals surface area (Å²) in [6, 6.07) is 16.6. The highest BCUT2D eigenvalue weighted by atomic mass is 19.1. The highest BCUT2D eigenvalue weighted by molar-refractivity contribution is 5.93. The summed E-state index contributed by atoms with van der Waals surface area (Å²) in [5, 5.41) is 7.15. The van der Waals surface area contributed by atoms with Gasteiger partial charge in [0.05, 0.1) is 5.39 Å². The van der Waals surface area contributed by atoms with Gasteiger partial charge in [0.2, 0.25) is 5.91 Å². The van der Waals surface area contributed by atoms with Crippen LogP contribution in [-0.4, -0.2) is 20.4 Å². The lowest BCUT2D eigenvalue weighted by Gasteiger charge is -2.18. The monoisotopic (exact) mass is 523 g/mol. The van der Waals surface area contributed by atoms with E-state index in [0.717, 1.165) is 27.9 Å². The van der Waals surface area contributed by atoms with Gasteiger partial charge in [-0.15, -0.1) is 0 Å². The number of fused-ring (bicyclic) bond motifs is 1. The summed E-state index contributed by atoms with van der Waals surface area (Å²) in [6.45, 7) is 7.11. The van der Waals surface area contributed by atoms with Crippen molar-refractivity contribution in [2.75, 3.05) is 10.6 Å². The molecular weight excluding hydrogens is 497 g/mol. The molecule has 3 heterocycles. The Morgan fingerprint density at radius 3 is 2.38 bits per heavy atom. The van der Waals surface area contributed by atoms with Crippen LogP contribution in [-0.2, 0) is 4.79 Å². The molecule has 0 radical (unpaired) electrons. The minimum Gasteiger partial charge on any atom is -0.453 e. The first-order valence-electron chi connectivity index (χ1n) is 12.3. The highest BCUT2D eigenvalue weighted by Gasteiger charge is 2.16. The van der Waals surface area contributed by atoms with Gasteiger partial charge in [0.1, 0.15) is 17.4 Å². The van der Waals surface area contributed by atoms with Gasteiger partial charge in [-0.2, -0.15) is 0 Å².